The Morgan fingerprint density at radius 1 is 1.09 bits per heavy atom. The molecule has 182 valence electrons. The number of benzene rings is 2. The largest absolute Gasteiger partial charge is 0.474 e. The van der Waals surface area contributed by atoms with Crippen molar-refractivity contribution in [3.63, 3.8) is 0 Å². The second-order valence-electron chi connectivity index (χ2n) is 9.25. The van der Waals surface area contributed by atoms with Gasteiger partial charge < -0.3 is 10.1 Å². The van der Waals surface area contributed by atoms with E-state index in [-0.39, 0.29) is 12.1 Å². The lowest BCUT2D eigenvalue weighted by Gasteiger charge is -2.30. The van der Waals surface area contributed by atoms with Crippen molar-refractivity contribution in [3.8, 4) is 5.88 Å². The van der Waals surface area contributed by atoms with E-state index in [1.54, 1.807) is 0 Å². The number of aryl methyl sites for hydroxylation is 1. The summed E-state index contributed by atoms with van der Waals surface area (Å²) in [5.41, 5.74) is 3.93. The molecule has 7 nitrogen and oxygen atoms in total. The lowest BCUT2D eigenvalue weighted by molar-refractivity contribution is 0.131. The van der Waals surface area contributed by atoms with Gasteiger partial charge >= 0.3 is 0 Å². The second-order valence-corrected chi connectivity index (χ2v) is 11.2. The van der Waals surface area contributed by atoms with Gasteiger partial charge in [-0.05, 0) is 55.8 Å². The average molecular weight is 491 g/mol. The third-order valence-electron chi connectivity index (χ3n) is 6.67. The number of nitrogens with one attached hydrogen (secondary N) is 1. The number of hydrogen-bond acceptors (Lipinski definition) is 6. The summed E-state index contributed by atoms with van der Waals surface area (Å²) in [4.78, 5) is 9.42. The summed E-state index contributed by atoms with van der Waals surface area (Å²) in [6.07, 6.45) is 4.28. The van der Waals surface area contributed by atoms with Crippen LogP contribution in [0.4, 0.5) is 5.69 Å². The SMILES string of the molecule is Cc1cccc2cc(C(C)Nc3ccnc4ccccc34)nc(OC3CCN(S(C)(=O)=O)CC3)c12. The maximum atomic E-state index is 11.9. The van der Waals surface area contributed by atoms with E-state index >= 15 is 0 Å². The van der Waals surface area contributed by atoms with Crippen LogP contribution in [-0.2, 0) is 10.0 Å². The van der Waals surface area contributed by atoms with Gasteiger partial charge in [0, 0.05) is 35.7 Å². The molecule has 0 saturated carbocycles. The number of fused-ring (bicyclic) bond motifs is 2. The van der Waals surface area contributed by atoms with Gasteiger partial charge in [-0.3, -0.25) is 4.98 Å². The molecule has 1 unspecified atom stereocenters. The summed E-state index contributed by atoms with van der Waals surface area (Å²) in [6, 6.07) is 18.3. The molecule has 1 fully saturated rings. The maximum absolute atomic E-state index is 11.9. The van der Waals surface area contributed by atoms with Crippen LogP contribution in [0.1, 0.15) is 37.1 Å². The summed E-state index contributed by atoms with van der Waals surface area (Å²) in [6.45, 7) is 5.08. The minimum atomic E-state index is -3.18. The molecule has 0 bridgehead atoms. The molecule has 35 heavy (non-hydrogen) atoms. The lowest BCUT2D eigenvalue weighted by Crippen LogP contribution is -2.41. The van der Waals surface area contributed by atoms with Crippen molar-refractivity contribution in [2.45, 2.75) is 38.8 Å². The predicted molar refractivity (Wildman–Crippen MR) is 140 cm³/mol. The number of piperidine rings is 1. The highest BCUT2D eigenvalue weighted by atomic mass is 32.2. The van der Waals surface area contributed by atoms with Gasteiger partial charge in [-0.2, -0.15) is 0 Å². The minimum Gasteiger partial charge on any atom is -0.474 e. The van der Waals surface area contributed by atoms with Gasteiger partial charge in [0.2, 0.25) is 15.9 Å². The quantitative estimate of drug-likeness (QED) is 0.406. The van der Waals surface area contributed by atoms with Crippen LogP contribution in [0.2, 0.25) is 0 Å². The van der Waals surface area contributed by atoms with Crippen LogP contribution >= 0.6 is 0 Å². The number of hydrogen-bond donors (Lipinski definition) is 1. The number of nitrogens with zero attached hydrogens (tertiary/aromatic N) is 3. The average Bonchev–Trinajstić information content (AvgIpc) is 2.84. The molecule has 0 radical (unpaired) electrons. The predicted octanol–water partition coefficient (Wildman–Crippen LogP) is 5.07. The van der Waals surface area contributed by atoms with Gasteiger partial charge in [0.05, 0.1) is 23.5 Å². The van der Waals surface area contributed by atoms with E-state index in [9.17, 15) is 8.42 Å². The molecule has 4 aromatic rings. The highest BCUT2D eigenvalue weighted by Gasteiger charge is 2.27. The van der Waals surface area contributed by atoms with Crippen LogP contribution in [0.25, 0.3) is 21.7 Å². The third-order valence-corrected chi connectivity index (χ3v) is 7.97. The topological polar surface area (TPSA) is 84.4 Å². The van der Waals surface area contributed by atoms with Gasteiger partial charge in [-0.25, -0.2) is 17.7 Å². The molecule has 3 heterocycles. The molecule has 8 heteroatoms. The highest BCUT2D eigenvalue weighted by Crippen LogP contribution is 2.33. The summed E-state index contributed by atoms with van der Waals surface area (Å²) in [5.74, 6) is 0.613. The normalized spacial score (nSPS) is 16.4. The molecule has 0 amide bonds. The Labute approximate surface area is 206 Å². The van der Waals surface area contributed by atoms with E-state index in [1.165, 1.54) is 10.6 Å². The molecule has 2 aromatic carbocycles. The van der Waals surface area contributed by atoms with E-state index in [4.69, 9.17) is 9.72 Å². The van der Waals surface area contributed by atoms with Crippen molar-refractivity contribution in [2.24, 2.45) is 0 Å². The van der Waals surface area contributed by atoms with Crippen LogP contribution in [0, 0.1) is 6.92 Å². The first kappa shape index (κ1) is 23.5. The highest BCUT2D eigenvalue weighted by molar-refractivity contribution is 7.88. The monoisotopic (exact) mass is 490 g/mol. The second kappa shape index (κ2) is 9.43. The van der Waals surface area contributed by atoms with Crippen LogP contribution in [0.5, 0.6) is 5.88 Å². The lowest BCUT2D eigenvalue weighted by atomic mass is 10.0. The van der Waals surface area contributed by atoms with Crippen molar-refractivity contribution >= 4 is 37.4 Å². The van der Waals surface area contributed by atoms with E-state index in [0.29, 0.717) is 31.8 Å². The van der Waals surface area contributed by atoms with Crippen molar-refractivity contribution in [1.29, 1.82) is 0 Å². The standard InChI is InChI=1S/C27H30N4O3S/c1-18-7-6-8-20-17-25(19(2)29-24-11-14-28-23-10-5-4-9-22(23)24)30-27(26(18)20)34-21-12-15-31(16-13-21)35(3,32)33/h4-11,14,17,19,21H,12-13,15-16H2,1-3H3,(H,28,29). The molecule has 0 spiro atoms. The fourth-order valence-corrected chi connectivity index (χ4v) is 5.62. The van der Waals surface area contributed by atoms with Gasteiger partial charge in [0.15, 0.2) is 0 Å². The fraction of sp³-hybridized carbons (Fsp3) is 0.333. The number of para-hydroxylation sites is 1. The number of anilines is 1. The van der Waals surface area contributed by atoms with E-state index in [0.717, 1.165) is 38.6 Å². The summed E-state index contributed by atoms with van der Waals surface area (Å²) in [7, 11) is -3.18. The summed E-state index contributed by atoms with van der Waals surface area (Å²) in [5, 5.41) is 6.74. The maximum Gasteiger partial charge on any atom is 0.222 e. The summed E-state index contributed by atoms with van der Waals surface area (Å²) >= 11 is 0. The third kappa shape index (κ3) is 4.94. The van der Waals surface area contributed by atoms with Crippen LogP contribution in [0.3, 0.4) is 0 Å². The van der Waals surface area contributed by atoms with Crippen molar-refractivity contribution in [2.75, 3.05) is 24.7 Å². The number of rotatable bonds is 6. The number of sulfonamides is 1. The molecule has 1 aliphatic rings. The zero-order chi connectivity index (χ0) is 24.6. The Hall–Kier alpha value is -3.23. The first-order valence-corrected chi connectivity index (χ1v) is 13.8. The minimum absolute atomic E-state index is 0.0693. The Kier molecular flexibility index (Phi) is 6.34. The molecule has 0 aliphatic carbocycles. The zero-order valence-electron chi connectivity index (χ0n) is 20.2. The van der Waals surface area contributed by atoms with Crippen LogP contribution in [0.15, 0.2) is 60.8 Å². The van der Waals surface area contributed by atoms with Crippen LogP contribution in [-0.4, -0.2) is 48.1 Å². The molecular formula is C27H30N4O3S. The van der Waals surface area contributed by atoms with Gasteiger partial charge in [-0.1, -0.05) is 36.4 Å². The molecular weight excluding hydrogens is 460 g/mol. The first-order valence-electron chi connectivity index (χ1n) is 11.9. The Bertz CT molecular complexity index is 1480. The zero-order valence-corrected chi connectivity index (χ0v) is 21.0. The van der Waals surface area contributed by atoms with E-state index in [2.05, 4.69) is 48.4 Å². The Morgan fingerprint density at radius 2 is 1.86 bits per heavy atom. The molecule has 1 atom stereocenters. The fourth-order valence-electron chi connectivity index (χ4n) is 4.74. The van der Waals surface area contributed by atoms with Crippen molar-refractivity contribution < 1.29 is 13.2 Å². The van der Waals surface area contributed by atoms with E-state index in [1.807, 2.05) is 36.5 Å². The Morgan fingerprint density at radius 3 is 2.63 bits per heavy atom. The van der Waals surface area contributed by atoms with Gasteiger partial charge in [0.25, 0.3) is 0 Å². The number of pyridine rings is 2. The Balaban J connectivity index is 1.45. The molecule has 2 aromatic heterocycles. The van der Waals surface area contributed by atoms with Crippen molar-refractivity contribution in [1.82, 2.24) is 14.3 Å². The molecule has 1 saturated heterocycles. The molecule has 1 aliphatic heterocycles. The molecule has 1 N–H and O–H groups in total. The van der Waals surface area contributed by atoms with E-state index < -0.39 is 10.0 Å². The first-order chi connectivity index (χ1) is 16.8. The summed E-state index contributed by atoms with van der Waals surface area (Å²) < 4.78 is 31.7. The van der Waals surface area contributed by atoms with Crippen LogP contribution < -0.4 is 10.1 Å². The number of aromatic nitrogens is 2. The number of ether oxygens (including phenoxy) is 1. The molecule has 5 rings (SSSR count). The van der Waals surface area contributed by atoms with Gasteiger partial charge in [-0.15, -0.1) is 0 Å². The smallest absolute Gasteiger partial charge is 0.222 e. The van der Waals surface area contributed by atoms with Crippen molar-refractivity contribution in [3.05, 3.63) is 72.1 Å². The van der Waals surface area contributed by atoms with Gasteiger partial charge in [0.1, 0.15) is 6.10 Å².